The molecule has 29 heavy (non-hydrogen) atoms. The van der Waals surface area contributed by atoms with Gasteiger partial charge in [0, 0.05) is 43.3 Å². The van der Waals surface area contributed by atoms with Crippen molar-refractivity contribution in [2.45, 2.75) is 74.4 Å². The molecule has 0 spiro atoms. The lowest BCUT2D eigenvalue weighted by Crippen LogP contribution is -2.45. The van der Waals surface area contributed by atoms with Gasteiger partial charge in [-0.1, -0.05) is 0 Å². The van der Waals surface area contributed by atoms with E-state index in [-0.39, 0.29) is 36.1 Å². The van der Waals surface area contributed by atoms with Gasteiger partial charge in [0.25, 0.3) is 11.8 Å². The SMILES string of the molecule is [B]C1(O)CCCC(c2nc(NC3CC(F)(F)C3)nc(NC3CC(F)(F)C3)n2)=C1F. The van der Waals surface area contributed by atoms with Crippen LogP contribution in [0, 0.1) is 0 Å². The molecule has 3 N–H and O–H groups in total. The first kappa shape index (κ1) is 20.3. The Morgan fingerprint density at radius 1 is 0.897 bits per heavy atom. The third kappa shape index (κ3) is 4.31. The molecule has 1 aromatic rings. The molecule has 2 saturated carbocycles. The molecule has 0 aromatic carbocycles. The minimum atomic E-state index is -2.76. The van der Waals surface area contributed by atoms with Crippen LogP contribution >= 0.6 is 0 Å². The molecule has 2 radical (unpaired) electrons. The summed E-state index contributed by atoms with van der Waals surface area (Å²) in [6.07, 6.45) is -0.973. The van der Waals surface area contributed by atoms with E-state index >= 15 is 0 Å². The summed E-state index contributed by atoms with van der Waals surface area (Å²) in [6.45, 7) is 0. The summed E-state index contributed by atoms with van der Waals surface area (Å²) in [6, 6.07) is -1.14. The van der Waals surface area contributed by atoms with E-state index in [0.29, 0.717) is 6.42 Å². The Kier molecular flexibility index (Phi) is 4.75. The molecule has 0 saturated heterocycles. The van der Waals surface area contributed by atoms with Crippen LogP contribution in [0.1, 0.15) is 50.8 Å². The van der Waals surface area contributed by atoms with Gasteiger partial charge < -0.3 is 15.7 Å². The lowest BCUT2D eigenvalue weighted by atomic mass is 9.71. The monoisotopic (exact) mass is 415 g/mol. The van der Waals surface area contributed by atoms with Crippen LogP contribution in [0.2, 0.25) is 0 Å². The van der Waals surface area contributed by atoms with Crippen molar-refractivity contribution in [2.24, 2.45) is 0 Å². The predicted molar refractivity (Wildman–Crippen MR) is 95.6 cm³/mol. The Bertz CT molecular complexity index is 789. The fraction of sp³-hybridized carbons (Fsp3) is 0.706. The van der Waals surface area contributed by atoms with Gasteiger partial charge in [-0.15, -0.1) is 0 Å². The van der Waals surface area contributed by atoms with Crippen molar-refractivity contribution in [1.29, 1.82) is 0 Å². The highest BCUT2D eigenvalue weighted by molar-refractivity contribution is 6.17. The van der Waals surface area contributed by atoms with Gasteiger partial charge in [0.05, 0.1) is 5.50 Å². The van der Waals surface area contributed by atoms with E-state index in [1.54, 1.807) is 0 Å². The fourth-order valence-electron chi connectivity index (χ4n) is 3.76. The summed E-state index contributed by atoms with van der Waals surface area (Å²) < 4.78 is 67.0. The molecule has 3 aliphatic rings. The van der Waals surface area contributed by atoms with E-state index in [0.717, 1.165) is 0 Å². The van der Waals surface area contributed by atoms with Crippen molar-refractivity contribution in [3.63, 3.8) is 0 Å². The van der Waals surface area contributed by atoms with Crippen LogP contribution < -0.4 is 10.6 Å². The van der Waals surface area contributed by atoms with Crippen LogP contribution in [0.5, 0.6) is 0 Å². The Labute approximate surface area is 164 Å². The molecule has 12 heteroatoms. The first-order chi connectivity index (χ1) is 13.4. The van der Waals surface area contributed by atoms with Gasteiger partial charge in [-0.2, -0.15) is 15.0 Å². The molecule has 1 heterocycles. The van der Waals surface area contributed by atoms with E-state index in [4.69, 9.17) is 7.85 Å². The molecular formula is C17H19BF5N5O. The number of hydrogen-bond acceptors (Lipinski definition) is 6. The third-order valence-electron chi connectivity index (χ3n) is 5.38. The smallest absolute Gasteiger partial charge is 0.252 e. The highest BCUT2D eigenvalue weighted by Crippen LogP contribution is 2.41. The molecule has 6 nitrogen and oxygen atoms in total. The standard InChI is InChI=1S/C17H19BF5N5O/c18-17(29)3-1-2-10(11(17)19)12-26-13(24-8-4-15(20,21)5-8)28-14(27-12)25-9-6-16(22,23)7-9/h8-9,29H,1-7H2,(H2,24,25,26,27,28). The van der Waals surface area contributed by atoms with Gasteiger partial charge in [-0.05, 0) is 19.3 Å². The number of anilines is 2. The maximum atomic E-state index is 14.6. The van der Waals surface area contributed by atoms with Crippen LogP contribution in [0.25, 0.3) is 5.57 Å². The van der Waals surface area contributed by atoms with Crippen molar-refractivity contribution < 1.29 is 27.1 Å². The minimum absolute atomic E-state index is 0.0207. The number of rotatable bonds is 5. The number of hydrogen-bond donors (Lipinski definition) is 3. The largest absolute Gasteiger partial charge is 0.393 e. The zero-order valence-electron chi connectivity index (χ0n) is 15.4. The van der Waals surface area contributed by atoms with Crippen molar-refractivity contribution >= 4 is 25.3 Å². The van der Waals surface area contributed by atoms with E-state index in [9.17, 15) is 27.1 Å². The molecule has 156 valence electrons. The molecule has 0 aliphatic heterocycles. The maximum Gasteiger partial charge on any atom is 0.252 e. The third-order valence-corrected chi connectivity index (χ3v) is 5.38. The van der Waals surface area contributed by atoms with Crippen LogP contribution in [-0.2, 0) is 0 Å². The topological polar surface area (TPSA) is 83.0 Å². The van der Waals surface area contributed by atoms with E-state index in [1.807, 2.05) is 0 Å². The minimum Gasteiger partial charge on any atom is -0.393 e. The van der Waals surface area contributed by atoms with Gasteiger partial charge in [-0.3, -0.25) is 0 Å². The Hall–Kier alpha value is -1.98. The summed E-state index contributed by atoms with van der Waals surface area (Å²) in [4.78, 5) is 12.2. The van der Waals surface area contributed by atoms with Crippen molar-refractivity contribution in [3.8, 4) is 0 Å². The second-order valence-corrected chi connectivity index (χ2v) is 8.09. The second kappa shape index (κ2) is 6.78. The Morgan fingerprint density at radius 2 is 1.38 bits per heavy atom. The summed E-state index contributed by atoms with van der Waals surface area (Å²) in [5.74, 6) is -6.77. The quantitative estimate of drug-likeness (QED) is 0.507. The van der Waals surface area contributed by atoms with E-state index in [1.165, 1.54) is 0 Å². The average molecular weight is 415 g/mol. The van der Waals surface area contributed by atoms with Gasteiger partial charge in [-0.25, -0.2) is 22.0 Å². The van der Waals surface area contributed by atoms with E-state index < -0.39 is 60.9 Å². The molecule has 4 rings (SSSR count). The number of alkyl halides is 4. The molecule has 1 atom stereocenters. The van der Waals surface area contributed by atoms with Crippen LogP contribution in [-0.4, -0.2) is 57.3 Å². The second-order valence-electron chi connectivity index (χ2n) is 8.09. The number of nitrogens with zero attached hydrogens (tertiary/aromatic N) is 3. The Balaban J connectivity index is 1.61. The first-order valence-electron chi connectivity index (χ1n) is 9.38. The lowest BCUT2D eigenvalue weighted by molar-refractivity contribution is -0.0799. The van der Waals surface area contributed by atoms with Crippen molar-refractivity contribution in [2.75, 3.05) is 10.6 Å². The highest BCUT2D eigenvalue weighted by atomic mass is 19.3. The van der Waals surface area contributed by atoms with Crippen molar-refractivity contribution in [3.05, 3.63) is 11.7 Å². The number of aliphatic hydroxyl groups is 1. The number of nitrogens with one attached hydrogen (secondary N) is 2. The molecule has 1 aromatic heterocycles. The molecule has 1 unspecified atom stereocenters. The zero-order chi connectivity index (χ0) is 21.0. The van der Waals surface area contributed by atoms with E-state index in [2.05, 4.69) is 25.6 Å². The summed E-state index contributed by atoms with van der Waals surface area (Å²) in [5, 5.41) is 15.5. The highest BCUT2D eigenvalue weighted by Gasteiger charge is 2.47. The average Bonchev–Trinajstić information content (AvgIpc) is 2.54. The molecule has 0 amide bonds. The fourth-order valence-corrected chi connectivity index (χ4v) is 3.76. The number of allylic oxidation sites excluding steroid dienone is 1. The molecule has 3 aliphatic carbocycles. The van der Waals surface area contributed by atoms with Gasteiger partial charge in [0.2, 0.25) is 11.9 Å². The normalized spacial score (nSPS) is 29.2. The zero-order valence-corrected chi connectivity index (χ0v) is 15.4. The first-order valence-corrected chi connectivity index (χ1v) is 9.38. The Morgan fingerprint density at radius 3 is 1.83 bits per heavy atom. The van der Waals surface area contributed by atoms with Gasteiger partial charge in [0.15, 0.2) is 5.82 Å². The summed E-state index contributed by atoms with van der Waals surface area (Å²) >= 11 is 0. The molecular weight excluding hydrogens is 396 g/mol. The summed E-state index contributed by atoms with van der Waals surface area (Å²) in [7, 11) is 5.56. The van der Waals surface area contributed by atoms with Gasteiger partial charge in [0.1, 0.15) is 13.7 Å². The lowest BCUT2D eigenvalue weighted by Gasteiger charge is -2.36. The van der Waals surface area contributed by atoms with Gasteiger partial charge >= 0.3 is 0 Å². The number of aromatic nitrogens is 3. The van der Waals surface area contributed by atoms with Crippen LogP contribution in [0.15, 0.2) is 5.83 Å². The maximum absolute atomic E-state index is 14.6. The predicted octanol–water partition coefficient (Wildman–Crippen LogP) is 3.01. The molecule has 0 bridgehead atoms. The van der Waals surface area contributed by atoms with Crippen LogP contribution in [0.3, 0.4) is 0 Å². The summed E-state index contributed by atoms with van der Waals surface area (Å²) in [5.41, 5.74) is -2.17. The van der Waals surface area contributed by atoms with Crippen LogP contribution in [0.4, 0.5) is 33.8 Å². The molecule has 2 fully saturated rings. The van der Waals surface area contributed by atoms with Crippen molar-refractivity contribution in [1.82, 2.24) is 15.0 Å². The number of halogens is 5.